The number of allylic oxidation sites excluding steroid dienone is 1. The van der Waals surface area contributed by atoms with Gasteiger partial charge >= 0.3 is 0 Å². The Morgan fingerprint density at radius 1 is 1.04 bits per heavy atom. The summed E-state index contributed by atoms with van der Waals surface area (Å²) in [5.41, 5.74) is 7.60. The van der Waals surface area contributed by atoms with Gasteiger partial charge in [0.25, 0.3) is 12.4 Å². The predicted molar refractivity (Wildman–Crippen MR) is 271 cm³/mol. The van der Waals surface area contributed by atoms with Gasteiger partial charge in [0.1, 0.15) is 23.9 Å². The monoisotopic (exact) mass is 975 g/mol. The number of carbonyl (C=O) groups is 5. The van der Waals surface area contributed by atoms with E-state index in [1.165, 1.54) is 0 Å². The zero-order chi connectivity index (χ0) is 50.4. The third-order valence-corrected chi connectivity index (χ3v) is 16.1. The number of phenolic OH excluding ortho intramolecular Hbond substituents is 1. The molecule has 4 saturated heterocycles. The fourth-order valence-corrected chi connectivity index (χ4v) is 12.2. The molecule has 9 rings (SSSR count). The first-order chi connectivity index (χ1) is 34.1. The number of aliphatic imine (C=N–C) groups is 1. The summed E-state index contributed by atoms with van der Waals surface area (Å²) in [6, 6.07) is 9.74. The molecule has 382 valence electrons. The lowest BCUT2D eigenvalue weighted by molar-refractivity contribution is -0.146. The van der Waals surface area contributed by atoms with Crippen molar-refractivity contribution in [2.75, 3.05) is 46.4 Å². The highest BCUT2D eigenvalue weighted by Gasteiger charge is 2.58. The Morgan fingerprint density at radius 3 is 2.54 bits per heavy atom. The van der Waals surface area contributed by atoms with Gasteiger partial charge < -0.3 is 34.3 Å². The summed E-state index contributed by atoms with van der Waals surface area (Å²) >= 11 is 0. The maximum Gasteiger partial charge on any atom is 0.293 e. The Kier molecular flexibility index (Phi) is 14.5. The molecule has 1 spiro atoms. The molecule has 1 aliphatic carbocycles. The number of methoxy groups -OCH3 is 1. The lowest BCUT2D eigenvalue weighted by atomic mass is 9.81. The van der Waals surface area contributed by atoms with Gasteiger partial charge in [-0.05, 0) is 123 Å². The molecule has 6 heterocycles. The topological polar surface area (TPSA) is 197 Å². The largest absolute Gasteiger partial charge is 0.508 e. The highest BCUT2D eigenvalue weighted by Crippen LogP contribution is 2.46. The second-order valence-corrected chi connectivity index (χ2v) is 22.2. The highest BCUT2D eigenvalue weighted by molar-refractivity contribution is 5.96. The summed E-state index contributed by atoms with van der Waals surface area (Å²) in [6.45, 7) is 16.0. The number of aryl methyl sites for hydroxylation is 1. The van der Waals surface area contributed by atoms with Gasteiger partial charge in [-0.2, -0.15) is 0 Å². The molecule has 4 amide bonds. The van der Waals surface area contributed by atoms with Gasteiger partial charge in [-0.3, -0.25) is 39.3 Å². The molecule has 5 aliphatic heterocycles. The van der Waals surface area contributed by atoms with E-state index >= 15 is 0 Å². The number of hydrogen-bond acceptors (Lipinski definition) is 11. The number of hydrogen-bond donors (Lipinski definition) is 4. The second-order valence-electron chi connectivity index (χ2n) is 22.2. The van der Waals surface area contributed by atoms with Gasteiger partial charge in [-0.1, -0.05) is 45.9 Å². The number of hydrazine groups is 1. The standard InChI is InChI=1S/C55H74N8O8/c1-8-61-44-16-15-37(28-41(44)42(29-54(5,6)31-71-32-64)49(61)40-12-11-19-56-45(40)34(4)70-7)38-24-35(25-39(65)27-38)26-43(51(67)63-21-10-9-20-57-63)58-50(66)48(33(2)3)62-23-18-55(53(62)69)17-22-60(30-55)52(68)47-46(59-47)36-13-14-36/h11-12,15-16,19,24-25,27-28,32-34,36,40,43,45-48,57,59,65H,8-10,13-14,17-18,20-23,26,29-31H2,1-7H3,(H,58,66)/t34-,40?,43-,45?,46+,47+,48-,55-/m0/s1. The third-order valence-electron chi connectivity index (χ3n) is 16.1. The zero-order valence-electron chi connectivity index (χ0n) is 42.6. The lowest BCUT2D eigenvalue weighted by Gasteiger charge is -2.35. The molecule has 2 aromatic carbocycles. The minimum Gasteiger partial charge on any atom is -0.508 e. The first kappa shape index (κ1) is 50.4. The van der Waals surface area contributed by atoms with Crippen molar-refractivity contribution in [2.45, 2.75) is 142 Å². The Balaban J connectivity index is 1.00. The number of dihydropyridines is 1. The number of aromatic hydroxyl groups is 1. The number of aromatic nitrogens is 1. The number of phenols is 1. The van der Waals surface area contributed by atoms with Crippen molar-refractivity contribution in [1.29, 1.82) is 0 Å². The molecule has 8 atom stereocenters. The molecule has 5 fully saturated rings. The summed E-state index contributed by atoms with van der Waals surface area (Å²) in [4.78, 5) is 77.1. The summed E-state index contributed by atoms with van der Waals surface area (Å²) in [6.07, 6.45) is 11.7. The number of benzene rings is 2. The molecule has 1 aromatic heterocycles. The van der Waals surface area contributed by atoms with Crippen LogP contribution in [0.25, 0.3) is 22.0 Å². The van der Waals surface area contributed by atoms with E-state index in [1.54, 1.807) is 29.2 Å². The molecule has 3 aromatic rings. The van der Waals surface area contributed by atoms with Crippen LogP contribution in [0, 0.1) is 22.7 Å². The summed E-state index contributed by atoms with van der Waals surface area (Å²) in [5, 5.41) is 20.5. The average molecular weight is 975 g/mol. The molecular weight excluding hydrogens is 901 g/mol. The molecular formula is C55H74N8O8. The van der Waals surface area contributed by atoms with Gasteiger partial charge in [0.15, 0.2) is 0 Å². The Bertz CT molecular complexity index is 2580. The van der Waals surface area contributed by atoms with E-state index in [1.807, 2.05) is 50.1 Å². The van der Waals surface area contributed by atoms with Crippen LogP contribution in [0.3, 0.4) is 0 Å². The zero-order valence-corrected chi connectivity index (χ0v) is 42.6. The predicted octanol–water partition coefficient (Wildman–Crippen LogP) is 5.28. The molecule has 16 nitrogen and oxygen atoms in total. The van der Waals surface area contributed by atoms with Crippen molar-refractivity contribution in [2.24, 2.45) is 27.7 Å². The van der Waals surface area contributed by atoms with Crippen molar-refractivity contribution in [3.8, 4) is 16.9 Å². The Morgan fingerprint density at radius 2 is 1.83 bits per heavy atom. The minimum absolute atomic E-state index is 0.0182. The van der Waals surface area contributed by atoms with Crippen LogP contribution in [0.15, 0.2) is 53.5 Å². The number of fused-ring (bicyclic) bond motifs is 1. The van der Waals surface area contributed by atoms with Crippen LogP contribution >= 0.6 is 0 Å². The Hall–Kier alpha value is -5.58. The van der Waals surface area contributed by atoms with Gasteiger partial charge in [0.2, 0.25) is 17.7 Å². The van der Waals surface area contributed by atoms with E-state index in [2.05, 4.69) is 59.6 Å². The maximum atomic E-state index is 14.7. The van der Waals surface area contributed by atoms with Crippen molar-refractivity contribution < 1.29 is 38.6 Å². The fraction of sp³-hybridized carbons (Fsp3) is 0.600. The molecule has 0 radical (unpaired) electrons. The van der Waals surface area contributed by atoms with Crippen LogP contribution in [-0.2, 0) is 52.8 Å². The maximum absolute atomic E-state index is 14.7. The Labute approximate surface area is 417 Å². The van der Waals surface area contributed by atoms with Crippen LogP contribution in [0.2, 0.25) is 0 Å². The van der Waals surface area contributed by atoms with Crippen LogP contribution in [0.4, 0.5) is 0 Å². The van der Waals surface area contributed by atoms with Gasteiger partial charge in [-0.25, -0.2) is 5.43 Å². The lowest BCUT2D eigenvalue weighted by Crippen LogP contribution is -2.59. The number of ether oxygens (including phenoxy) is 2. The SMILES string of the molecule is CCn1c(C2C=CC=NC2[C@H](C)OC)c(CC(C)(C)COC=O)c2cc(-c3cc(O)cc(C[C@H](NC(=O)[C@H](C(C)C)N4CC[C@]5(CCN(C(=O)[C@@H]6N[C@@H]6C6CC6)C5)C4=O)C(=O)N4CCCCN4)c3)ccc21. The smallest absolute Gasteiger partial charge is 0.293 e. The third kappa shape index (κ3) is 10.3. The van der Waals surface area contributed by atoms with E-state index in [-0.39, 0.29) is 72.6 Å². The van der Waals surface area contributed by atoms with E-state index in [9.17, 15) is 29.1 Å². The molecule has 0 bridgehead atoms. The summed E-state index contributed by atoms with van der Waals surface area (Å²) in [5.74, 6) is -0.469. The molecule has 4 N–H and O–H groups in total. The quantitative estimate of drug-likeness (QED) is 0.0906. The first-order valence-corrected chi connectivity index (χ1v) is 26.0. The van der Waals surface area contributed by atoms with E-state index < -0.39 is 28.8 Å². The molecule has 16 heteroatoms. The first-order valence-electron chi connectivity index (χ1n) is 26.0. The van der Waals surface area contributed by atoms with Crippen molar-refractivity contribution in [1.82, 2.24) is 35.4 Å². The minimum atomic E-state index is -1.01. The summed E-state index contributed by atoms with van der Waals surface area (Å²) in [7, 11) is 1.71. The normalized spacial score (nSPS) is 25.6. The van der Waals surface area contributed by atoms with Crippen LogP contribution in [0.1, 0.15) is 103 Å². The van der Waals surface area contributed by atoms with Crippen molar-refractivity contribution >= 4 is 47.2 Å². The molecule has 2 unspecified atom stereocenters. The van der Waals surface area contributed by atoms with E-state index in [0.29, 0.717) is 76.5 Å². The highest BCUT2D eigenvalue weighted by atomic mass is 16.5. The number of nitrogens with zero attached hydrogens (tertiary/aromatic N) is 5. The van der Waals surface area contributed by atoms with Crippen molar-refractivity contribution in [3.63, 3.8) is 0 Å². The van der Waals surface area contributed by atoms with E-state index in [0.717, 1.165) is 59.0 Å². The summed E-state index contributed by atoms with van der Waals surface area (Å²) < 4.78 is 13.6. The number of amides is 4. The van der Waals surface area contributed by atoms with Crippen molar-refractivity contribution in [3.05, 3.63) is 65.4 Å². The fourth-order valence-electron chi connectivity index (χ4n) is 12.2. The number of rotatable bonds is 19. The van der Waals surface area contributed by atoms with Gasteiger partial charge in [0.05, 0.1) is 24.2 Å². The van der Waals surface area contributed by atoms with Gasteiger partial charge in [-0.15, -0.1) is 0 Å². The van der Waals surface area contributed by atoms with E-state index in [4.69, 9.17) is 14.5 Å². The van der Waals surface area contributed by atoms with Crippen LogP contribution < -0.4 is 16.1 Å². The number of nitrogens with one attached hydrogen (secondary N) is 3. The molecule has 6 aliphatic rings. The number of carbonyl (C=O) groups excluding carboxylic acids is 5. The number of likely N-dealkylation sites (tertiary alicyclic amines) is 2. The van der Waals surface area contributed by atoms with Gasteiger partial charge in [0, 0.05) is 93.0 Å². The average Bonchev–Trinajstić information content (AvgIpc) is 4.28. The van der Waals surface area contributed by atoms with Crippen LogP contribution in [-0.4, -0.2) is 144 Å². The molecule has 1 saturated carbocycles. The van der Waals surface area contributed by atoms with Crippen LogP contribution in [0.5, 0.6) is 5.75 Å². The molecule has 71 heavy (non-hydrogen) atoms. The second kappa shape index (κ2) is 20.5.